The molecular weight excluding hydrogens is 242 g/mol. The number of hydrogen-bond donors (Lipinski definition) is 2. The van der Waals surface area contributed by atoms with E-state index in [9.17, 15) is 0 Å². The van der Waals surface area contributed by atoms with E-state index in [0.717, 1.165) is 11.0 Å². The van der Waals surface area contributed by atoms with Crippen molar-refractivity contribution >= 4 is 21.9 Å². The monoisotopic (exact) mass is 253 g/mol. The highest BCUT2D eigenvalue weighted by molar-refractivity contribution is 9.10. The van der Waals surface area contributed by atoms with Crippen LogP contribution in [0.4, 0.5) is 0 Å². The van der Waals surface area contributed by atoms with Crippen molar-refractivity contribution < 1.29 is 0 Å². The number of benzene rings is 1. The molecule has 0 aliphatic carbocycles. The van der Waals surface area contributed by atoms with Crippen LogP contribution in [0.2, 0.25) is 0 Å². The first-order chi connectivity index (χ1) is 6.66. The van der Waals surface area contributed by atoms with Crippen molar-refractivity contribution in [1.29, 1.82) is 0 Å². The molecule has 3 N–H and O–H groups in total. The number of nitrogens with one attached hydrogen (secondary N) is 1. The standard InChI is InChI=1S/C10H12BrN3/c1-6-4-7(2-3-8(6)11)9-5-13-10(12)14-9/h2-4,9H,5H2,1H3,(H3,12,13,14). The van der Waals surface area contributed by atoms with Crippen molar-refractivity contribution in [2.24, 2.45) is 10.7 Å². The Labute approximate surface area is 91.5 Å². The van der Waals surface area contributed by atoms with Gasteiger partial charge in [0.15, 0.2) is 5.96 Å². The van der Waals surface area contributed by atoms with Gasteiger partial charge in [0.2, 0.25) is 0 Å². The average Bonchev–Trinajstić information content (AvgIpc) is 2.57. The van der Waals surface area contributed by atoms with Gasteiger partial charge in [-0.3, -0.25) is 4.99 Å². The molecule has 1 aromatic carbocycles. The summed E-state index contributed by atoms with van der Waals surface area (Å²) in [5, 5.41) is 3.13. The highest BCUT2D eigenvalue weighted by atomic mass is 79.9. The van der Waals surface area contributed by atoms with Crippen LogP contribution in [0, 0.1) is 6.92 Å². The molecule has 1 unspecified atom stereocenters. The molecule has 0 fully saturated rings. The largest absolute Gasteiger partial charge is 0.370 e. The van der Waals surface area contributed by atoms with Gasteiger partial charge in [0.05, 0.1) is 12.6 Å². The van der Waals surface area contributed by atoms with Gasteiger partial charge >= 0.3 is 0 Å². The van der Waals surface area contributed by atoms with Crippen LogP contribution in [0.5, 0.6) is 0 Å². The van der Waals surface area contributed by atoms with E-state index in [-0.39, 0.29) is 6.04 Å². The van der Waals surface area contributed by atoms with Gasteiger partial charge in [0, 0.05) is 4.47 Å². The zero-order valence-electron chi connectivity index (χ0n) is 7.92. The summed E-state index contributed by atoms with van der Waals surface area (Å²) in [6.45, 7) is 2.81. The molecule has 4 heteroatoms. The molecule has 0 aromatic heterocycles. The van der Waals surface area contributed by atoms with E-state index in [0.29, 0.717) is 5.96 Å². The number of rotatable bonds is 1. The number of aryl methyl sites for hydroxylation is 1. The molecule has 0 saturated heterocycles. The molecule has 1 aromatic rings. The topological polar surface area (TPSA) is 50.4 Å². The molecule has 0 amide bonds. The Morgan fingerprint density at radius 2 is 2.36 bits per heavy atom. The third-order valence-electron chi connectivity index (χ3n) is 2.35. The lowest BCUT2D eigenvalue weighted by Crippen LogP contribution is -2.29. The first kappa shape index (κ1) is 9.52. The summed E-state index contributed by atoms with van der Waals surface area (Å²) in [6.07, 6.45) is 0. The van der Waals surface area contributed by atoms with E-state index in [2.05, 4.69) is 51.4 Å². The van der Waals surface area contributed by atoms with Crippen molar-refractivity contribution in [3.63, 3.8) is 0 Å². The van der Waals surface area contributed by atoms with Crippen molar-refractivity contribution in [2.45, 2.75) is 13.0 Å². The maximum Gasteiger partial charge on any atom is 0.189 e. The van der Waals surface area contributed by atoms with Gasteiger partial charge < -0.3 is 11.1 Å². The Morgan fingerprint density at radius 3 is 2.93 bits per heavy atom. The van der Waals surface area contributed by atoms with E-state index in [1.807, 2.05) is 0 Å². The lowest BCUT2D eigenvalue weighted by Gasteiger charge is -2.12. The second-order valence-electron chi connectivity index (χ2n) is 3.43. The Balaban J connectivity index is 2.22. The summed E-state index contributed by atoms with van der Waals surface area (Å²) < 4.78 is 1.13. The molecule has 1 atom stereocenters. The van der Waals surface area contributed by atoms with Crippen LogP contribution in [-0.2, 0) is 0 Å². The van der Waals surface area contributed by atoms with Crippen LogP contribution in [-0.4, -0.2) is 12.5 Å². The molecule has 1 aliphatic rings. The minimum atomic E-state index is 0.238. The van der Waals surface area contributed by atoms with Crippen LogP contribution >= 0.6 is 15.9 Å². The van der Waals surface area contributed by atoms with E-state index >= 15 is 0 Å². The fourth-order valence-corrected chi connectivity index (χ4v) is 1.78. The van der Waals surface area contributed by atoms with Gasteiger partial charge in [-0.15, -0.1) is 0 Å². The first-order valence-corrected chi connectivity index (χ1v) is 5.28. The molecule has 2 rings (SSSR count). The highest BCUT2D eigenvalue weighted by Crippen LogP contribution is 2.22. The molecule has 1 heterocycles. The number of halogens is 1. The van der Waals surface area contributed by atoms with Crippen molar-refractivity contribution in [1.82, 2.24) is 5.32 Å². The van der Waals surface area contributed by atoms with Crippen LogP contribution in [0.25, 0.3) is 0 Å². The van der Waals surface area contributed by atoms with Gasteiger partial charge in [0.25, 0.3) is 0 Å². The van der Waals surface area contributed by atoms with Crippen LogP contribution in [0.15, 0.2) is 27.7 Å². The van der Waals surface area contributed by atoms with Crippen molar-refractivity contribution in [2.75, 3.05) is 6.54 Å². The van der Waals surface area contributed by atoms with Crippen LogP contribution in [0.3, 0.4) is 0 Å². The quantitative estimate of drug-likeness (QED) is 0.801. The summed E-state index contributed by atoms with van der Waals surface area (Å²) >= 11 is 3.48. The van der Waals surface area contributed by atoms with Crippen molar-refractivity contribution in [3.05, 3.63) is 33.8 Å². The van der Waals surface area contributed by atoms with E-state index in [4.69, 9.17) is 5.73 Å². The molecule has 0 saturated carbocycles. The zero-order chi connectivity index (χ0) is 10.1. The van der Waals surface area contributed by atoms with E-state index in [1.54, 1.807) is 0 Å². The van der Waals surface area contributed by atoms with Gasteiger partial charge in [-0.05, 0) is 24.1 Å². The Bertz CT molecular complexity index is 387. The lowest BCUT2D eigenvalue weighted by atomic mass is 10.1. The summed E-state index contributed by atoms with van der Waals surface area (Å²) in [5.41, 5.74) is 8.02. The Hall–Kier alpha value is -1.03. The molecule has 0 radical (unpaired) electrons. The van der Waals surface area contributed by atoms with E-state index in [1.165, 1.54) is 11.1 Å². The first-order valence-electron chi connectivity index (χ1n) is 4.49. The minimum Gasteiger partial charge on any atom is -0.370 e. The minimum absolute atomic E-state index is 0.238. The number of guanidine groups is 1. The summed E-state index contributed by atoms with van der Waals surface area (Å²) in [4.78, 5) is 4.12. The number of nitrogens with zero attached hydrogens (tertiary/aromatic N) is 1. The fraction of sp³-hybridized carbons (Fsp3) is 0.300. The normalized spacial score (nSPS) is 20.4. The summed E-state index contributed by atoms with van der Waals surface area (Å²) in [6, 6.07) is 6.53. The lowest BCUT2D eigenvalue weighted by molar-refractivity contribution is 0.707. The van der Waals surface area contributed by atoms with Gasteiger partial charge in [-0.25, -0.2) is 0 Å². The second-order valence-corrected chi connectivity index (χ2v) is 4.29. The van der Waals surface area contributed by atoms with Crippen LogP contribution < -0.4 is 11.1 Å². The van der Waals surface area contributed by atoms with Crippen LogP contribution in [0.1, 0.15) is 17.2 Å². The Morgan fingerprint density at radius 1 is 1.57 bits per heavy atom. The van der Waals surface area contributed by atoms with Crippen molar-refractivity contribution in [3.8, 4) is 0 Å². The molecule has 0 spiro atoms. The average molecular weight is 254 g/mol. The highest BCUT2D eigenvalue weighted by Gasteiger charge is 2.17. The third-order valence-corrected chi connectivity index (χ3v) is 3.24. The summed E-state index contributed by atoms with van der Waals surface area (Å²) in [5.74, 6) is 0.538. The molecule has 3 nitrogen and oxygen atoms in total. The number of aliphatic imine (C=N–C) groups is 1. The second kappa shape index (κ2) is 3.61. The molecular formula is C10H12BrN3. The third kappa shape index (κ3) is 1.75. The van der Waals surface area contributed by atoms with Gasteiger partial charge in [-0.2, -0.15) is 0 Å². The molecule has 0 bridgehead atoms. The maximum atomic E-state index is 5.56. The zero-order valence-corrected chi connectivity index (χ0v) is 9.51. The predicted octanol–water partition coefficient (Wildman–Crippen LogP) is 1.72. The van der Waals surface area contributed by atoms with Gasteiger partial charge in [-0.1, -0.05) is 28.1 Å². The van der Waals surface area contributed by atoms with E-state index < -0.39 is 0 Å². The molecule has 14 heavy (non-hydrogen) atoms. The predicted molar refractivity (Wildman–Crippen MR) is 61.2 cm³/mol. The molecule has 1 aliphatic heterocycles. The Kier molecular flexibility index (Phi) is 2.46. The maximum absolute atomic E-state index is 5.56. The smallest absolute Gasteiger partial charge is 0.189 e. The number of hydrogen-bond acceptors (Lipinski definition) is 3. The number of nitrogens with two attached hydrogens (primary N) is 1. The fourth-order valence-electron chi connectivity index (χ4n) is 1.53. The molecule has 74 valence electrons. The summed E-state index contributed by atoms with van der Waals surface area (Å²) in [7, 11) is 0. The SMILES string of the molecule is Cc1cc(C2CN=C(N)N2)ccc1Br. The van der Waals surface area contributed by atoms with Gasteiger partial charge in [0.1, 0.15) is 0 Å².